The van der Waals surface area contributed by atoms with E-state index in [-0.39, 0.29) is 0 Å². The lowest BCUT2D eigenvalue weighted by Crippen LogP contribution is -2.91. The van der Waals surface area contributed by atoms with Crippen LogP contribution in [0.2, 0.25) is 0 Å². The number of amides is 1. The molecule has 0 atom stereocenters. The Hall–Kier alpha value is -0.570. The van der Waals surface area contributed by atoms with E-state index < -0.39 is 0 Å². The minimum absolute atomic E-state index is 0.355. The Labute approximate surface area is 73.1 Å². The SMILES string of the molecule is O=C1C[NH2+]CCN1C1CCCC1. The molecule has 68 valence electrons. The van der Waals surface area contributed by atoms with Crippen molar-refractivity contribution in [3.05, 3.63) is 0 Å². The first-order valence-corrected chi connectivity index (χ1v) is 4.99. The standard InChI is InChI=1S/C9H16N2O/c12-9-7-10-5-6-11(9)8-3-1-2-4-8/h8,10H,1-7H2/p+1. The van der Waals surface area contributed by atoms with Crippen molar-refractivity contribution in [3.63, 3.8) is 0 Å². The first-order valence-electron chi connectivity index (χ1n) is 4.99. The molecule has 1 amide bonds. The molecule has 0 bridgehead atoms. The van der Waals surface area contributed by atoms with E-state index >= 15 is 0 Å². The average molecular weight is 169 g/mol. The molecule has 3 nitrogen and oxygen atoms in total. The molecule has 2 N–H and O–H groups in total. The fourth-order valence-electron chi connectivity index (χ4n) is 2.30. The van der Waals surface area contributed by atoms with Gasteiger partial charge in [0.1, 0.15) is 0 Å². The zero-order valence-electron chi connectivity index (χ0n) is 7.46. The Morgan fingerprint density at radius 3 is 2.75 bits per heavy atom. The van der Waals surface area contributed by atoms with Crippen LogP contribution in [0, 0.1) is 0 Å². The van der Waals surface area contributed by atoms with Crippen molar-refractivity contribution in [1.82, 2.24) is 4.90 Å². The summed E-state index contributed by atoms with van der Waals surface area (Å²) in [6.45, 7) is 2.75. The summed E-state index contributed by atoms with van der Waals surface area (Å²) in [5.41, 5.74) is 0. The summed E-state index contributed by atoms with van der Waals surface area (Å²) in [6, 6.07) is 0.589. The highest BCUT2D eigenvalue weighted by Crippen LogP contribution is 2.23. The van der Waals surface area contributed by atoms with Gasteiger partial charge in [-0.15, -0.1) is 0 Å². The summed E-state index contributed by atoms with van der Waals surface area (Å²) in [4.78, 5) is 13.6. The van der Waals surface area contributed by atoms with Crippen LogP contribution in [0.15, 0.2) is 0 Å². The van der Waals surface area contributed by atoms with E-state index in [1.807, 2.05) is 0 Å². The van der Waals surface area contributed by atoms with Crippen LogP contribution >= 0.6 is 0 Å². The van der Waals surface area contributed by atoms with Crippen LogP contribution in [-0.2, 0) is 4.79 Å². The molecule has 1 saturated carbocycles. The van der Waals surface area contributed by atoms with E-state index in [0.717, 1.165) is 13.1 Å². The largest absolute Gasteiger partial charge is 0.337 e. The van der Waals surface area contributed by atoms with Gasteiger partial charge in [0, 0.05) is 6.04 Å². The maximum atomic E-state index is 11.5. The van der Waals surface area contributed by atoms with Crippen molar-refractivity contribution in [2.75, 3.05) is 19.6 Å². The summed E-state index contributed by atoms with van der Waals surface area (Å²) < 4.78 is 0. The third-order valence-electron chi connectivity index (χ3n) is 2.98. The number of rotatable bonds is 1. The normalized spacial score (nSPS) is 26.7. The topological polar surface area (TPSA) is 36.9 Å². The molecule has 1 aliphatic heterocycles. The first kappa shape index (κ1) is 8.05. The molecule has 2 rings (SSSR count). The predicted octanol–water partition coefficient (Wildman–Crippen LogP) is -0.665. The van der Waals surface area contributed by atoms with Crippen molar-refractivity contribution in [1.29, 1.82) is 0 Å². The van der Waals surface area contributed by atoms with Crippen LogP contribution in [0.5, 0.6) is 0 Å². The minimum Gasteiger partial charge on any atom is -0.337 e. The van der Waals surface area contributed by atoms with Crippen LogP contribution in [-0.4, -0.2) is 36.5 Å². The monoisotopic (exact) mass is 169 g/mol. The van der Waals surface area contributed by atoms with Gasteiger partial charge in [-0.1, -0.05) is 12.8 Å². The number of carbonyl (C=O) groups excluding carboxylic acids is 1. The Bertz CT molecular complexity index is 175. The summed E-state index contributed by atoms with van der Waals surface area (Å²) >= 11 is 0. The average Bonchev–Trinajstić information content (AvgIpc) is 2.57. The van der Waals surface area contributed by atoms with Crippen molar-refractivity contribution in [3.8, 4) is 0 Å². The Kier molecular flexibility index (Phi) is 2.30. The van der Waals surface area contributed by atoms with E-state index in [1.54, 1.807) is 0 Å². The zero-order chi connectivity index (χ0) is 8.39. The molecule has 1 aliphatic carbocycles. The summed E-state index contributed by atoms with van der Waals surface area (Å²) in [5, 5.41) is 2.10. The van der Waals surface area contributed by atoms with Crippen molar-refractivity contribution < 1.29 is 10.1 Å². The highest BCUT2D eigenvalue weighted by atomic mass is 16.2. The molecule has 0 aromatic rings. The van der Waals surface area contributed by atoms with Crippen LogP contribution in [0.25, 0.3) is 0 Å². The van der Waals surface area contributed by atoms with E-state index in [1.165, 1.54) is 25.7 Å². The molecule has 0 spiro atoms. The van der Waals surface area contributed by atoms with Gasteiger partial charge in [0.15, 0.2) is 6.54 Å². The van der Waals surface area contributed by atoms with Crippen molar-refractivity contribution in [2.45, 2.75) is 31.7 Å². The highest BCUT2D eigenvalue weighted by Gasteiger charge is 2.29. The van der Waals surface area contributed by atoms with Gasteiger partial charge in [0.05, 0.1) is 13.1 Å². The number of nitrogens with two attached hydrogens (primary N) is 1. The number of piperazine rings is 1. The van der Waals surface area contributed by atoms with Crippen LogP contribution in [0.1, 0.15) is 25.7 Å². The Morgan fingerprint density at radius 1 is 1.33 bits per heavy atom. The molecular weight excluding hydrogens is 152 g/mol. The molecule has 0 unspecified atom stereocenters. The summed E-state index contributed by atoms with van der Waals surface area (Å²) in [6.07, 6.45) is 5.12. The summed E-state index contributed by atoms with van der Waals surface area (Å²) in [5.74, 6) is 0.355. The highest BCUT2D eigenvalue weighted by molar-refractivity contribution is 5.77. The maximum absolute atomic E-state index is 11.5. The smallest absolute Gasteiger partial charge is 0.278 e. The third kappa shape index (κ3) is 1.46. The molecule has 12 heavy (non-hydrogen) atoms. The molecule has 0 radical (unpaired) electrons. The second-order valence-electron chi connectivity index (χ2n) is 3.81. The van der Waals surface area contributed by atoms with Gasteiger partial charge in [0.2, 0.25) is 0 Å². The lowest BCUT2D eigenvalue weighted by molar-refractivity contribution is -0.650. The van der Waals surface area contributed by atoms with E-state index in [0.29, 0.717) is 18.5 Å². The van der Waals surface area contributed by atoms with Gasteiger partial charge in [-0.3, -0.25) is 4.79 Å². The Balaban J connectivity index is 1.95. The quantitative estimate of drug-likeness (QED) is 0.555. The fraction of sp³-hybridized carbons (Fsp3) is 0.889. The van der Waals surface area contributed by atoms with Gasteiger partial charge in [-0.25, -0.2) is 0 Å². The van der Waals surface area contributed by atoms with Gasteiger partial charge in [-0.05, 0) is 12.8 Å². The van der Waals surface area contributed by atoms with Gasteiger partial charge < -0.3 is 10.2 Å². The lowest BCUT2D eigenvalue weighted by atomic mass is 10.2. The van der Waals surface area contributed by atoms with E-state index in [2.05, 4.69) is 10.2 Å². The molecule has 0 aromatic heterocycles. The van der Waals surface area contributed by atoms with Crippen LogP contribution < -0.4 is 5.32 Å². The minimum atomic E-state index is 0.355. The fourth-order valence-corrected chi connectivity index (χ4v) is 2.30. The zero-order valence-corrected chi connectivity index (χ0v) is 7.46. The number of carbonyl (C=O) groups is 1. The lowest BCUT2D eigenvalue weighted by Gasteiger charge is -2.30. The number of nitrogens with zero attached hydrogens (tertiary/aromatic N) is 1. The second-order valence-corrected chi connectivity index (χ2v) is 3.81. The number of hydrogen-bond donors (Lipinski definition) is 1. The molecular formula is C9H17N2O+. The molecule has 0 aromatic carbocycles. The molecule has 2 aliphatic rings. The van der Waals surface area contributed by atoms with Gasteiger partial charge >= 0.3 is 0 Å². The maximum Gasteiger partial charge on any atom is 0.278 e. The summed E-state index contributed by atoms with van der Waals surface area (Å²) in [7, 11) is 0. The molecule has 1 saturated heterocycles. The predicted molar refractivity (Wildman–Crippen MR) is 45.6 cm³/mol. The molecule has 3 heteroatoms. The molecule has 1 heterocycles. The first-order chi connectivity index (χ1) is 5.88. The van der Waals surface area contributed by atoms with E-state index in [9.17, 15) is 4.79 Å². The van der Waals surface area contributed by atoms with Crippen LogP contribution in [0.4, 0.5) is 0 Å². The molecule has 2 fully saturated rings. The van der Waals surface area contributed by atoms with Crippen molar-refractivity contribution >= 4 is 5.91 Å². The second kappa shape index (κ2) is 3.44. The number of quaternary nitrogens is 1. The number of hydrogen-bond acceptors (Lipinski definition) is 1. The Morgan fingerprint density at radius 2 is 2.08 bits per heavy atom. The third-order valence-corrected chi connectivity index (χ3v) is 2.98. The van der Waals surface area contributed by atoms with Gasteiger partial charge in [0.25, 0.3) is 5.91 Å². The van der Waals surface area contributed by atoms with Crippen LogP contribution in [0.3, 0.4) is 0 Å². The van der Waals surface area contributed by atoms with Gasteiger partial charge in [-0.2, -0.15) is 0 Å². The van der Waals surface area contributed by atoms with Crippen molar-refractivity contribution in [2.24, 2.45) is 0 Å². The van der Waals surface area contributed by atoms with E-state index in [4.69, 9.17) is 0 Å².